The van der Waals surface area contributed by atoms with Gasteiger partial charge in [-0.3, -0.25) is 9.79 Å². The highest BCUT2D eigenvalue weighted by Crippen LogP contribution is 2.17. The van der Waals surface area contributed by atoms with Crippen molar-refractivity contribution in [2.45, 2.75) is 40.5 Å². The van der Waals surface area contributed by atoms with Crippen LogP contribution in [0.5, 0.6) is 5.75 Å². The van der Waals surface area contributed by atoms with Crippen LogP contribution in [-0.2, 0) is 4.79 Å². The number of hydrogen-bond donors (Lipinski definition) is 3. The standard InChI is InChI=1S/C19H32N4O2.HI/c1-5-16(6-2)14-22-19(20-7-3)21-11-12-25-18-10-8-9-17(13-18)23-15(4)24;/h8-10,13,16H,5-7,11-12,14H2,1-4H3,(H,23,24)(H2,20,21,22);1H. The first-order valence-electron chi connectivity index (χ1n) is 9.11. The van der Waals surface area contributed by atoms with Crippen molar-refractivity contribution < 1.29 is 9.53 Å². The van der Waals surface area contributed by atoms with Crippen LogP contribution in [0.2, 0.25) is 0 Å². The molecule has 0 aliphatic rings. The molecule has 6 nitrogen and oxygen atoms in total. The largest absolute Gasteiger partial charge is 0.492 e. The monoisotopic (exact) mass is 476 g/mol. The second kappa shape index (κ2) is 14.6. The van der Waals surface area contributed by atoms with Gasteiger partial charge in [-0.2, -0.15) is 0 Å². The number of halogens is 1. The van der Waals surface area contributed by atoms with E-state index in [9.17, 15) is 4.79 Å². The van der Waals surface area contributed by atoms with Gasteiger partial charge in [0.1, 0.15) is 12.4 Å². The Morgan fingerprint density at radius 2 is 1.92 bits per heavy atom. The van der Waals surface area contributed by atoms with Gasteiger partial charge in [-0.25, -0.2) is 0 Å². The molecule has 0 aliphatic carbocycles. The number of amides is 1. The number of carbonyl (C=O) groups excluding carboxylic acids is 1. The Balaban J connectivity index is 0.00000625. The first-order chi connectivity index (χ1) is 12.1. The molecule has 1 amide bonds. The fourth-order valence-corrected chi connectivity index (χ4v) is 2.31. The van der Waals surface area contributed by atoms with Gasteiger partial charge in [0.2, 0.25) is 5.91 Å². The molecule has 3 N–H and O–H groups in total. The lowest BCUT2D eigenvalue weighted by molar-refractivity contribution is -0.114. The van der Waals surface area contributed by atoms with E-state index >= 15 is 0 Å². The fourth-order valence-electron chi connectivity index (χ4n) is 2.31. The van der Waals surface area contributed by atoms with Crippen molar-refractivity contribution in [2.75, 3.05) is 31.6 Å². The van der Waals surface area contributed by atoms with E-state index in [2.05, 4.69) is 41.7 Å². The van der Waals surface area contributed by atoms with Crippen molar-refractivity contribution in [3.8, 4) is 5.75 Å². The Hall–Kier alpha value is -1.51. The third kappa shape index (κ3) is 10.5. The number of hydrogen-bond acceptors (Lipinski definition) is 3. The summed E-state index contributed by atoms with van der Waals surface area (Å²) < 4.78 is 5.73. The van der Waals surface area contributed by atoms with Gasteiger partial charge in [-0.15, -0.1) is 24.0 Å². The van der Waals surface area contributed by atoms with Crippen molar-refractivity contribution in [1.29, 1.82) is 0 Å². The molecule has 148 valence electrons. The predicted octanol–water partition coefficient (Wildman–Crippen LogP) is 3.63. The molecule has 1 aromatic rings. The van der Waals surface area contributed by atoms with Gasteiger partial charge >= 0.3 is 0 Å². The van der Waals surface area contributed by atoms with Crippen molar-refractivity contribution in [3.63, 3.8) is 0 Å². The number of carbonyl (C=O) groups is 1. The van der Waals surface area contributed by atoms with E-state index in [1.54, 1.807) is 0 Å². The fraction of sp³-hybridized carbons (Fsp3) is 0.579. The van der Waals surface area contributed by atoms with Crippen LogP contribution in [0.4, 0.5) is 5.69 Å². The van der Waals surface area contributed by atoms with E-state index in [4.69, 9.17) is 4.74 Å². The van der Waals surface area contributed by atoms with Crippen LogP contribution in [-0.4, -0.2) is 38.1 Å². The number of aliphatic imine (C=N–C) groups is 1. The summed E-state index contributed by atoms with van der Waals surface area (Å²) in [6.45, 7) is 10.8. The van der Waals surface area contributed by atoms with E-state index < -0.39 is 0 Å². The molecular formula is C19H33IN4O2. The number of nitrogens with one attached hydrogen (secondary N) is 3. The summed E-state index contributed by atoms with van der Waals surface area (Å²) in [4.78, 5) is 15.7. The van der Waals surface area contributed by atoms with Gasteiger partial charge < -0.3 is 20.7 Å². The van der Waals surface area contributed by atoms with Crippen LogP contribution in [0.15, 0.2) is 29.3 Å². The van der Waals surface area contributed by atoms with Crippen LogP contribution >= 0.6 is 24.0 Å². The van der Waals surface area contributed by atoms with E-state index in [1.165, 1.54) is 6.92 Å². The van der Waals surface area contributed by atoms with Crippen molar-refractivity contribution in [3.05, 3.63) is 24.3 Å². The highest BCUT2D eigenvalue weighted by molar-refractivity contribution is 14.0. The number of ether oxygens (including phenoxy) is 1. The first-order valence-corrected chi connectivity index (χ1v) is 9.11. The molecule has 0 saturated carbocycles. The molecule has 0 heterocycles. The first kappa shape index (κ1) is 24.5. The van der Waals surface area contributed by atoms with Gasteiger partial charge in [0.15, 0.2) is 5.96 Å². The van der Waals surface area contributed by atoms with Crippen LogP contribution in [0, 0.1) is 5.92 Å². The lowest BCUT2D eigenvalue weighted by Gasteiger charge is -2.14. The molecule has 0 atom stereocenters. The number of rotatable bonds is 10. The van der Waals surface area contributed by atoms with Crippen LogP contribution < -0.4 is 20.7 Å². The van der Waals surface area contributed by atoms with E-state index in [0.717, 1.165) is 43.3 Å². The van der Waals surface area contributed by atoms with Crippen molar-refractivity contribution in [1.82, 2.24) is 10.6 Å². The third-order valence-electron chi connectivity index (χ3n) is 3.82. The Morgan fingerprint density at radius 1 is 1.19 bits per heavy atom. The topological polar surface area (TPSA) is 74.8 Å². The van der Waals surface area contributed by atoms with Crippen LogP contribution in [0.1, 0.15) is 40.5 Å². The SMILES string of the molecule is CCNC(=NCC(CC)CC)NCCOc1cccc(NC(C)=O)c1.I. The maximum absolute atomic E-state index is 11.1. The highest BCUT2D eigenvalue weighted by Gasteiger charge is 2.04. The molecule has 0 spiro atoms. The quantitative estimate of drug-likeness (QED) is 0.209. The second-order valence-electron chi connectivity index (χ2n) is 5.89. The average Bonchev–Trinajstić information content (AvgIpc) is 2.59. The Labute approximate surface area is 174 Å². The van der Waals surface area contributed by atoms with Crippen molar-refractivity contribution in [2.24, 2.45) is 10.9 Å². The highest BCUT2D eigenvalue weighted by atomic mass is 127. The average molecular weight is 476 g/mol. The summed E-state index contributed by atoms with van der Waals surface area (Å²) in [5.41, 5.74) is 0.734. The molecule has 0 bridgehead atoms. The minimum absolute atomic E-state index is 0. The van der Waals surface area contributed by atoms with Gasteiger partial charge in [0, 0.05) is 31.8 Å². The van der Waals surface area contributed by atoms with Gasteiger partial charge in [-0.05, 0) is 25.0 Å². The predicted molar refractivity (Wildman–Crippen MR) is 120 cm³/mol. The summed E-state index contributed by atoms with van der Waals surface area (Å²) in [6.07, 6.45) is 2.29. The third-order valence-corrected chi connectivity index (χ3v) is 3.82. The molecular weight excluding hydrogens is 443 g/mol. The molecule has 26 heavy (non-hydrogen) atoms. The zero-order valence-electron chi connectivity index (χ0n) is 16.3. The molecule has 0 fully saturated rings. The minimum atomic E-state index is -0.0947. The zero-order chi connectivity index (χ0) is 18.5. The summed E-state index contributed by atoms with van der Waals surface area (Å²) in [6, 6.07) is 7.38. The van der Waals surface area contributed by atoms with Gasteiger partial charge in [0.05, 0.1) is 6.54 Å². The number of anilines is 1. The number of guanidine groups is 1. The minimum Gasteiger partial charge on any atom is -0.492 e. The second-order valence-corrected chi connectivity index (χ2v) is 5.89. The summed E-state index contributed by atoms with van der Waals surface area (Å²) in [7, 11) is 0. The summed E-state index contributed by atoms with van der Waals surface area (Å²) in [5, 5.41) is 9.28. The molecule has 7 heteroatoms. The van der Waals surface area contributed by atoms with Crippen LogP contribution in [0.3, 0.4) is 0 Å². The normalized spacial score (nSPS) is 10.9. The summed E-state index contributed by atoms with van der Waals surface area (Å²) in [5.74, 6) is 2.09. The molecule has 0 unspecified atom stereocenters. The molecule has 1 aromatic carbocycles. The lowest BCUT2D eigenvalue weighted by atomic mass is 10.0. The molecule has 0 aromatic heterocycles. The Morgan fingerprint density at radius 3 is 2.54 bits per heavy atom. The Bertz CT molecular complexity index is 548. The van der Waals surface area contributed by atoms with Crippen molar-refractivity contribution >= 4 is 41.5 Å². The zero-order valence-corrected chi connectivity index (χ0v) is 18.6. The maximum atomic E-state index is 11.1. The number of nitrogens with zero attached hydrogens (tertiary/aromatic N) is 1. The van der Waals surface area contributed by atoms with Gasteiger partial charge in [-0.1, -0.05) is 32.8 Å². The van der Waals surface area contributed by atoms with Crippen LogP contribution in [0.25, 0.3) is 0 Å². The van der Waals surface area contributed by atoms with E-state index in [0.29, 0.717) is 19.1 Å². The van der Waals surface area contributed by atoms with Gasteiger partial charge in [0.25, 0.3) is 0 Å². The molecule has 1 rings (SSSR count). The smallest absolute Gasteiger partial charge is 0.221 e. The summed E-state index contributed by atoms with van der Waals surface area (Å²) >= 11 is 0. The Kier molecular flexibility index (Phi) is 13.8. The molecule has 0 aliphatic heterocycles. The van der Waals surface area contributed by atoms with E-state index in [1.807, 2.05) is 24.3 Å². The van der Waals surface area contributed by atoms with E-state index in [-0.39, 0.29) is 29.9 Å². The maximum Gasteiger partial charge on any atom is 0.221 e. The molecule has 0 radical (unpaired) electrons. The number of benzene rings is 1. The lowest BCUT2D eigenvalue weighted by Crippen LogP contribution is -2.39. The molecule has 0 saturated heterocycles.